The molecule has 3 aliphatic rings. The minimum Gasteiger partial charge on any atom is -0.382 e. The maximum Gasteiger partial charge on any atom is 0.256 e. The molecule has 0 bridgehead atoms. The van der Waals surface area contributed by atoms with Gasteiger partial charge in [-0.1, -0.05) is 24.3 Å². The first kappa shape index (κ1) is 26.3. The van der Waals surface area contributed by atoms with Gasteiger partial charge in [-0.25, -0.2) is 15.0 Å². The second-order valence-electron chi connectivity index (χ2n) is 11.9. The molecule has 10 heteroatoms. The third-order valence-corrected chi connectivity index (χ3v) is 8.81. The van der Waals surface area contributed by atoms with Crippen LogP contribution in [-0.2, 0) is 4.79 Å². The number of rotatable bonds is 8. The number of likely N-dealkylation sites (N-methyl/N-ethyl adjacent to an activating group) is 1. The average molecular weight is 563 g/mol. The molecule has 4 aromatic rings. The van der Waals surface area contributed by atoms with E-state index in [1.54, 1.807) is 42.7 Å². The van der Waals surface area contributed by atoms with E-state index in [0.29, 0.717) is 34.5 Å². The number of nitrogens with one attached hydrogen (secondary N) is 1. The quantitative estimate of drug-likeness (QED) is 0.307. The van der Waals surface area contributed by atoms with Crippen molar-refractivity contribution in [2.24, 2.45) is 5.41 Å². The number of hydrogen-bond donors (Lipinski definition) is 2. The van der Waals surface area contributed by atoms with Crippen LogP contribution in [0, 0.1) is 5.41 Å². The molecule has 1 unspecified atom stereocenters. The Morgan fingerprint density at radius 1 is 1.12 bits per heavy atom. The van der Waals surface area contributed by atoms with Gasteiger partial charge in [0, 0.05) is 54.9 Å². The van der Waals surface area contributed by atoms with Crippen LogP contribution in [0.3, 0.4) is 0 Å². The van der Waals surface area contributed by atoms with Crippen LogP contribution in [0.1, 0.15) is 54.3 Å². The smallest absolute Gasteiger partial charge is 0.256 e. The maximum atomic E-state index is 13.5. The molecule has 4 heterocycles. The number of anilines is 2. The van der Waals surface area contributed by atoms with Gasteiger partial charge < -0.3 is 16.0 Å². The summed E-state index contributed by atoms with van der Waals surface area (Å²) in [5.41, 5.74) is 9.28. The van der Waals surface area contributed by atoms with E-state index in [1.165, 1.54) is 12.8 Å². The van der Waals surface area contributed by atoms with E-state index < -0.39 is 0 Å². The lowest BCUT2D eigenvalue weighted by atomic mass is 10.0. The predicted molar refractivity (Wildman–Crippen MR) is 161 cm³/mol. The topological polar surface area (TPSA) is 122 Å². The Morgan fingerprint density at radius 3 is 2.64 bits per heavy atom. The molecular formula is C32H34N8O2. The zero-order chi connectivity index (χ0) is 28.8. The number of nitrogens with zero attached hydrogens (tertiary/aromatic N) is 6. The van der Waals surface area contributed by atoms with Gasteiger partial charge >= 0.3 is 0 Å². The summed E-state index contributed by atoms with van der Waals surface area (Å²) in [6, 6.07) is 13.1. The van der Waals surface area contributed by atoms with Crippen LogP contribution in [0.2, 0.25) is 0 Å². The first-order valence-electron chi connectivity index (χ1n) is 14.5. The van der Waals surface area contributed by atoms with Gasteiger partial charge in [-0.2, -0.15) is 0 Å². The van der Waals surface area contributed by atoms with Gasteiger partial charge in [-0.05, 0) is 68.8 Å². The summed E-state index contributed by atoms with van der Waals surface area (Å²) in [6.45, 7) is 1.51. The molecule has 1 aromatic carbocycles. The monoisotopic (exact) mass is 562 g/mol. The van der Waals surface area contributed by atoms with Crippen molar-refractivity contribution in [1.82, 2.24) is 29.2 Å². The third kappa shape index (κ3) is 5.02. The summed E-state index contributed by atoms with van der Waals surface area (Å²) < 4.78 is 1.98. The normalized spacial score (nSPS) is 19.3. The number of imidazole rings is 1. The Kier molecular flexibility index (Phi) is 6.50. The highest BCUT2D eigenvalue weighted by Gasteiger charge is 2.54. The fourth-order valence-electron chi connectivity index (χ4n) is 6.07. The highest BCUT2D eigenvalue weighted by atomic mass is 16.2. The molecule has 3 aromatic heterocycles. The Bertz CT molecular complexity index is 1670. The molecule has 42 heavy (non-hydrogen) atoms. The number of amides is 2. The van der Waals surface area contributed by atoms with Gasteiger partial charge in [0.25, 0.3) is 5.91 Å². The van der Waals surface area contributed by atoms with Gasteiger partial charge in [0.2, 0.25) is 5.91 Å². The molecule has 1 spiro atoms. The van der Waals surface area contributed by atoms with E-state index in [0.717, 1.165) is 43.7 Å². The predicted octanol–water partition coefficient (Wildman–Crippen LogP) is 4.33. The molecule has 1 atom stereocenters. The lowest BCUT2D eigenvalue weighted by Gasteiger charge is -2.22. The second kappa shape index (κ2) is 10.4. The van der Waals surface area contributed by atoms with Crippen molar-refractivity contribution in [2.75, 3.05) is 31.2 Å². The van der Waals surface area contributed by atoms with Crippen molar-refractivity contribution in [3.8, 4) is 11.3 Å². The zero-order valence-corrected chi connectivity index (χ0v) is 23.6. The minimum atomic E-state index is -0.247. The lowest BCUT2D eigenvalue weighted by Crippen LogP contribution is -2.31. The largest absolute Gasteiger partial charge is 0.382 e. The van der Waals surface area contributed by atoms with Crippen LogP contribution in [0.25, 0.3) is 16.8 Å². The zero-order valence-electron chi connectivity index (χ0n) is 23.6. The summed E-state index contributed by atoms with van der Waals surface area (Å²) in [6.07, 6.45) is 14.5. The number of fused-ring (bicyclic) bond motifs is 1. The van der Waals surface area contributed by atoms with Crippen LogP contribution in [0.4, 0.5) is 11.6 Å². The Balaban J connectivity index is 1.18. The summed E-state index contributed by atoms with van der Waals surface area (Å²) in [4.78, 5) is 44.2. The van der Waals surface area contributed by atoms with E-state index >= 15 is 0 Å². The van der Waals surface area contributed by atoms with E-state index in [2.05, 4.69) is 27.2 Å². The number of nitrogen functional groups attached to an aromatic ring is 1. The molecule has 7 rings (SSSR count). The van der Waals surface area contributed by atoms with Crippen molar-refractivity contribution in [2.45, 2.75) is 44.2 Å². The van der Waals surface area contributed by atoms with Crippen molar-refractivity contribution < 1.29 is 9.59 Å². The van der Waals surface area contributed by atoms with Crippen LogP contribution in [0.5, 0.6) is 0 Å². The first-order chi connectivity index (χ1) is 20.4. The molecule has 3 N–H and O–H groups in total. The van der Waals surface area contributed by atoms with Crippen LogP contribution in [0.15, 0.2) is 73.2 Å². The number of benzene rings is 1. The first-order valence-corrected chi connectivity index (χ1v) is 14.5. The minimum absolute atomic E-state index is 0.0246. The number of carbonyl (C=O) groups is 2. The molecule has 1 saturated heterocycles. The molecule has 1 aliphatic heterocycles. The number of pyridine rings is 1. The maximum absolute atomic E-state index is 13.5. The number of nitrogens with two attached hydrogens (primary N) is 1. The van der Waals surface area contributed by atoms with E-state index in [4.69, 9.17) is 10.7 Å². The van der Waals surface area contributed by atoms with Gasteiger partial charge in [0.05, 0.1) is 6.04 Å². The molecule has 2 aliphatic carbocycles. The van der Waals surface area contributed by atoms with Gasteiger partial charge in [0.15, 0.2) is 0 Å². The summed E-state index contributed by atoms with van der Waals surface area (Å²) >= 11 is 0. The summed E-state index contributed by atoms with van der Waals surface area (Å²) in [5.74, 6) is 1.42. The van der Waals surface area contributed by atoms with Crippen molar-refractivity contribution in [3.05, 3.63) is 84.6 Å². The number of hydrogen-bond acceptors (Lipinski definition) is 7. The number of carbonyl (C=O) groups excluding carboxylic acids is 2. The third-order valence-electron chi connectivity index (χ3n) is 8.81. The summed E-state index contributed by atoms with van der Waals surface area (Å²) in [7, 11) is 2.11. The Hall–Kier alpha value is -4.57. The SMILES string of the molecule is CN(CC=CC(=O)N1CC2(CC2)CC1c1nc(-c2ccc(C(=O)Nc3ccccn3)cc2)c2c(N)nccn12)C1CC1. The molecule has 3 fully saturated rings. The molecule has 0 radical (unpaired) electrons. The second-order valence-corrected chi connectivity index (χ2v) is 11.9. The van der Waals surface area contributed by atoms with Crippen molar-refractivity contribution >= 4 is 29.0 Å². The standard InChI is InChI=1S/C32H34N8O2/c1-38(23-11-12-23)17-4-6-26(41)40-20-32(13-14-32)19-24(40)30-37-27(28-29(33)35-16-18-39(28)30)21-7-9-22(10-8-21)31(42)36-25-5-2-3-15-34-25/h2-10,15-16,18,23-24H,11-14,17,19-20H2,1H3,(H2,33,35)(H,34,36,42). The molecule has 214 valence electrons. The fraction of sp³-hybridized carbons (Fsp3) is 0.344. The van der Waals surface area contributed by atoms with Crippen molar-refractivity contribution in [3.63, 3.8) is 0 Å². The Labute approximate surface area is 244 Å². The van der Waals surface area contributed by atoms with E-state index in [1.807, 2.05) is 39.8 Å². The molecule has 10 nitrogen and oxygen atoms in total. The van der Waals surface area contributed by atoms with Crippen LogP contribution in [-0.4, -0.2) is 67.1 Å². The van der Waals surface area contributed by atoms with E-state index in [9.17, 15) is 9.59 Å². The lowest BCUT2D eigenvalue weighted by molar-refractivity contribution is -0.127. The molecule has 2 saturated carbocycles. The summed E-state index contributed by atoms with van der Waals surface area (Å²) in [5, 5.41) is 2.81. The fourth-order valence-corrected chi connectivity index (χ4v) is 6.07. The number of aromatic nitrogens is 4. The highest BCUT2D eigenvalue weighted by molar-refractivity contribution is 6.04. The van der Waals surface area contributed by atoms with Crippen LogP contribution >= 0.6 is 0 Å². The van der Waals surface area contributed by atoms with Gasteiger partial charge in [-0.3, -0.25) is 18.9 Å². The molecule has 2 amide bonds. The Morgan fingerprint density at radius 2 is 1.93 bits per heavy atom. The van der Waals surface area contributed by atoms with Gasteiger partial charge in [0.1, 0.15) is 28.7 Å². The van der Waals surface area contributed by atoms with E-state index in [-0.39, 0.29) is 23.3 Å². The van der Waals surface area contributed by atoms with Crippen molar-refractivity contribution in [1.29, 1.82) is 0 Å². The average Bonchev–Trinajstić information content (AvgIpc) is 3.91. The van der Waals surface area contributed by atoms with Gasteiger partial charge in [-0.15, -0.1) is 0 Å². The highest BCUT2D eigenvalue weighted by Crippen LogP contribution is 2.58. The van der Waals surface area contributed by atoms with Crippen LogP contribution < -0.4 is 11.1 Å². The number of likely N-dealkylation sites (tertiary alicyclic amines) is 1. The molecular weight excluding hydrogens is 528 g/mol.